The van der Waals surface area contributed by atoms with Crippen LogP contribution in [-0.4, -0.2) is 43.1 Å². The highest BCUT2D eigenvalue weighted by Gasteiger charge is 2.42. The van der Waals surface area contributed by atoms with Crippen molar-refractivity contribution < 1.29 is 32.0 Å². The normalized spacial score (nSPS) is 18.4. The molecule has 0 bridgehead atoms. The molecule has 1 fully saturated rings. The monoisotopic (exact) mass is 461 g/mol. The first-order chi connectivity index (χ1) is 15.0. The van der Waals surface area contributed by atoms with E-state index in [2.05, 4.69) is 0 Å². The van der Waals surface area contributed by atoms with Crippen molar-refractivity contribution in [2.24, 2.45) is 11.8 Å². The molecule has 0 radical (unpaired) electrons. The lowest BCUT2D eigenvalue weighted by atomic mass is 9.94. The third-order valence-corrected chi connectivity index (χ3v) is 6.77. The van der Waals surface area contributed by atoms with E-state index in [1.807, 2.05) is 20.8 Å². The maximum absolute atomic E-state index is 12.9. The molecule has 0 aliphatic carbocycles. The molecule has 3 atom stereocenters. The lowest BCUT2D eigenvalue weighted by molar-refractivity contribution is -0.137. The molecule has 0 unspecified atom stereocenters. The van der Waals surface area contributed by atoms with Crippen molar-refractivity contribution in [1.82, 2.24) is 4.90 Å². The average molecular weight is 462 g/mol. The van der Waals surface area contributed by atoms with Crippen molar-refractivity contribution in [3.8, 4) is 5.75 Å². The Morgan fingerprint density at radius 3 is 2.25 bits per heavy atom. The zero-order chi connectivity index (χ0) is 23.6. The number of cyclic esters (lactones) is 1. The molecule has 8 nitrogen and oxygen atoms in total. The second kappa shape index (κ2) is 9.30. The lowest BCUT2D eigenvalue weighted by Crippen LogP contribution is -2.45. The van der Waals surface area contributed by atoms with Gasteiger partial charge in [-0.05, 0) is 42.7 Å². The molecule has 2 amide bonds. The molecule has 1 heterocycles. The van der Waals surface area contributed by atoms with Gasteiger partial charge < -0.3 is 14.0 Å². The van der Waals surface area contributed by atoms with Crippen molar-refractivity contribution >= 4 is 22.1 Å². The van der Waals surface area contributed by atoms with E-state index in [4.69, 9.17) is 8.92 Å². The van der Waals surface area contributed by atoms with Gasteiger partial charge in [-0.25, -0.2) is 9.69 Å². The van der Waals surface area contributed by atoms with Crippen LogP contribution >= 0.6 is 0 Å². The zero-order valence-electron chi connectivity index (χ0n) is 18.4. The van der Waals surface area contributed by atoms with E-state index in [1.54, 1.807) is 12.1 Å². The van der Waals surface area contributed by atoms with E-state index in [1.165, 1.54) is 43.3 Å². The third-order valence-electron chi connectivity index (χ3n) is 5.51. The summed E-state index contributed by atoms with van der Waals surface area (Å²) >= 11 is 0. The minimum absolute atomic E-state index is 0.0154. The second-order valence-corrected chi connectivity index (χ2v) is 9.80. The molecular formula is C23H27NO7S. The van der Waals surface area contributed by atoms with Crippen LogP contribution in [0.25, 0.3) is 0 Å². The standard InChI is InChI=1S/C23H27NO7S/c1-14(2)20-13-30-23(27)24(20)22(26)16(4)21(25)17-7-9-18(10-8-17)31-32(28,29)19-11-5-15(3)6-12-19/h5-12,14,16,20-21,25H,13H2,1-4H3/t16-,20+,21-/m0/s1. The van der Waals surface area contributed by atoms with E-state index in [-0.39, 0.29) is 29.2 Å². The molecule has 32 heavy (non-hydrogen) atoms. The Hall–Kier alpha value is -2.91. The number of aryl methyl sites for hydroxylation is 1. The van der Waals surface area contributed by atoms with Crippen LogP contribution in [-0.2, 0) is 19.6 Å². The summed E-state index contributed by atoms with van der Waals surface area (Å²) in [6.07, 6.45) is -1.91. The molecule has 172 valence electrons. The molecule has 1 N–H and O–H groups in total. The number of ether oxygens (including phenoxy) is 1. The highest BCUT2D eigenvalue weighted by molar-refractivity contribution is 7.87. The van der Waals surface area contributed by atoms with Gasteiger partial charge in [0, 0.05) is 0 Å². The minimum atomic E-state index is -4.00. The van der Waals surface area contributed by atoms with Crippen LogP contribution in [0.2, 0.25) is 0 Å². The van der Waals surface area contributed by atoms with Gasteiger partial charge in [-0.3, -0.25) is 4.79 Å². The van der Waals surface area contributed by atoms with Gasteiger partial charge in [0.25, 0.3) is 0 Å². The number of amides is 2. The van der Waals surface area contributed by atoms with Crippen molar-refractivity contribution in [2.75, 3.05) is 6.61 Å². The Morgan fingerprint density at radius 2 is 1.69 bits per heavy atom. The molecule has 9 heteroatoms. The first-order valence-electron chi connectivity index (χ1n) is 10.3. The van der Waals surface area contributed by atoms with Gasteiger partial charge in [0.1, 0.15) is 17.3 Å². The third kappa shape index (κ3) is 4.94. The van der Waals surface area contributed by atoms with Crippen molar-refractivity contribution in [3.63, 3.8) is 0 Å². The quantitative estimate of drug-likeness (QED) is 0.629. The topological polar surface area (TPSA) is 110 Å². The molecule has 1 saturated heterocycles. The fraction of sp³-hybridized carbons (Fsp3) is 0.391. The number of hydrogen-bond acceptors (Lipinski definition) is 7. The number of carbonyl (C=O) groups is 2. The van der Waals surface area contributed by atoms with Gasteiger partial charge in [0.05, 0.1) is 18.1 Å². The first-order valence-corrected chi connectivity index (χ1v) is 11.7. The van der Waals surface area contributed by atoms with Gasteiger partial charge >= 0.3 is 16.2 Å². The summed E-state index contributed by atoms with van der Waals surface area (Å²) in [7, 11) is -4.00. The summed E-state index contributed by atoms with van der Waals surface area (Å²) in [5.41, 5.74) is 1.31. The van der Waals surface area contributed by atoms with Crippen LogP contribution in [0.1, 0.15) is 38.0 Å². The Bertz CT molecular complexity index is 1080. The molecule has 2 aromatic carbocycles. The van der Waals surface area contributed by atoms with Crippen LogP contribution in [0.3, 0.4) is 0 Å². The maximum Gasteiger partial charge on any atom is 0.416 e. The Morgan fingerprint density at radius 1 is 1.09 bits per heavy atom. The molecule has 0 aromatic heterocycles. The van der Waals surface area contributed by atoms with Crippen LogP contribution in [0.15, 0.2) is 53.4 Å². The summed E-state index contributed by atoms with van der Waals surface area (Å²) in [4.78, 5) is 26.0. The van der Waals surface area contributed by atoms with E-state index in [0.29, 0.717) is 5.56 Å². The minimum Gasteiger partial charge on any atom is -0.447 e. The predicted molar refractivity (Wildman–Crippen MR) is 116 cm³/mol. The highest BCUT2D eigenvalue weighted by Crippen LogP contribution is 2.29. The summed E-state index contributed by atoms with van der Waals surface area (Å²) in [6.45, 7) is 7.28. The first kappa shape index (κ1) is 23.7. The summed E-state index contributed by atoms with van der Waals surface area (Å²) in [6, 6.07) is 11.7. The van der Waals surface area contributed by atoms with Gasteiger partial charge in [-0.1, -0.05) is 50.6 Å². The van der Waals surface area contributed by atoms with Crippen molar-refractivity contribution in [2.45, 2.75) is 44.7 Å². The van der Waals surface area contributed by atoms with Crippen LogP contribution in [0.4, 0.5) is 4.79 Å². The number of aliphatic hydroxyl groups excluding tert-OH is 1. The number of rotatable bonds is 7. The summed E-state index contributed by atoms with van der Waals surface area (Å²) in [5, 5.41) is 10.7. The predicted octanol–water partition coefficient (Wildman–Crippen LogP) is 3.44. The summed E-state index contributed by atoms with van der Waals surface area (Å²) in [5.74, 6) is -1.35. The summed E-state index contributed by atoms with van der Waals surface area (Å²) < 4.78 is 35.0. The largest absolute Gasteiger partial charge is 0.447 e. The van der Waals surface area contributed by atoms with Crippen LogP contribution in [0.5, 0.6) is 5.75 Å². The van der Waals surface area contributed by atoms with Gasteiger partial charge in [0.2, 0.25) is 5.91 Å². The molecule has 0 saturated carbocycles. The van der Waals surface area contributed by atoms with E-state index in [9.17, 15) is 23.1 Å². The SMILES string of the molecule is Cc1ccc(S(=O)(=O)Oc2ccc([C@@H](O)[C@H](C)C(=O)N3C(=O)OC[C@@H]3C(C)C)cc2)cc1. The fourth-order valence-electron chi connectivity index (χ4n) is 3.42. The van der Waals surface area contributed by atoms with E-state index >= 15 is 0 Å². The number of nitrogens with zero attached hydrogens (tertiary/aromatic N) is 1. The fourth-order valence-corrected chi connectivity index (χ4v) is 4.35. The van der Waals surface area contributed by atoms with Gasteiger partial charge in [-0.15, -0.1) is 0 Å². The Balaban J connectivity index is 1.71. The zero-order valence-corrected chi connectivity index (χ0v) is 19.2. The van der Waals surface area contributed by atoms with E-state index in [0.717, 1.165) is 10.5 Å². The number of carbonyl (C=O) groups excluding carboxylic acids is 2. The molecule has 1 aliphatic rings. The smallest absolute Gasteiger partial charge is 0.416 e. The van der Waals surface area contributed by atoms with Crippen LogP contribution < -0.4 is 4.18 Å². The van der Waals surface area contributed by atoms with Crippen molar-refractivity contribution in [1.29, 1.82) is 0 Å². The number of imide groups is 1. The molecule has 1 aliphatic heterocycles. The average Bonchev–Trinajstić information content (AvgIpc) is 3.14. The number of aliphatic hydroxyl groups is 1. The Kier molecular flexibility index (Phi) is 6.90. The lowest BCUT2D eigenvalue weighted by Gasteiger charge is -2.27. The molecule has 0 spiro atoms. The highest BCUT2D eigenvalue weighted by atomic mass is 32.2. The van der Waals surface area contributed by atoms with Crippen molar-refractivity contribution in [3.05, 3.63) is 59.7 Å². The van der Waals surface area contributed by atoms with Gasteiger partial charge in [0.15, 0.2) is 0 Å². The molecule has 3 rings (SSSR count). The number of hydrogen-bond donors (Lipinski definition) is 1. The van der Waals surface area contributed by atoms with Gasteiger partial charge in [-0.2, -0.15) is 8.42 Å². The second-order valence-electron chi connectivity index (χ2n) is 8.25. The molecule has 2 aromatic rings. The van der Waals surface area contributed by atoms with E-state index < -0.39 is 34.1 Å². The molecular weight excluding hydrogens is 434 g/mol. The Labute approximate surface area is 187 Å². The maximum atomic E-state index is 12.9. The number of benzene rings is 2. The van der Waals surface area contributed by atoms with Crippen LogP contribution in [0, 0.1) is 18.8 Å².